The van der Waals surface area contributed by atoms with Crippen molar-refractivity contribution in [2.24, 2.45) is 11.0 Å². The molecule has 1 aliphatic rings. The van der Waals surface area contributed by atoms with Crippen LogP contribution >= 0.6 is 0 Å². The molecule has 18 heavy (non-hydrogen) atoms. The molecule has 2 unspecified atom stereocenters. The van der Waals surface area contributed by atoms with Crippen LogP contribution in [0.5, 0.6) is 0 Å². The number of carbonyl (C=O) groups is 1. The number of ether oxygens (including phenoxy) is 1. The number of nitrogens with one attached hydrogen (secondary N) is 2. The van der Waals surface area contributed by atoms with Gasteiger partial charge < -0.3 is 15.4 Å². The molecule has 0 aromatic heterocycles. The Hall–Kier alpha value is -1.30. The molecule has 0 saturated carbocycles. The molecule has 2 N–H and O–H groups in total. The van der Waals surface area contributed by atoms with E-state index in [0.29, 0.717) is 19.5 Å². The van der Waals surface area contributed by atoms with Gasteiger partial charge in [0.1, 0.15) is 5.54 Å². The maximum absolute atomic E-state index is 12.1. The lowest BCUT2D eigenvalue weighted by atomic mass is 9.76. The summed E-state index contributed by atoms with van der Waals surface area (Å²) < 4.78 is 4.95. The number of rotatable bonds is 6. The molecule has 1 heterocycles. The van der Waals surface area contributed by atoms with Crippen LogP contribution in [0.15, 0.2) is 5.11 Å². The predicted molar refractivity (Wildman–Crippen MR) is 68.0 cm³/mol. The molecule has 1 aliphatic heterocycles. The first-order chi connectivity index (χ1) is 8.71. The van der Waals surface area contributed by atoms with Crippen molar-refractivity contribution >= 4 is 5.97 Å². The number of carbonyl (C=O) groups excluding carboxylic acids is 1. The van der Waals surface area contributed by atoms with E-state index >= 15 is 0 Å². The number of methoxy groups -OCH3 is 1. The highest BCUT2D eigenvalue weighted by Gasteiger charge is 2.46. The molecule has 0 aliphatic carbocycles. The molecule has 0 radical (unpaired) electrons. The summed E-state index contributed by atoms with van der Waals surface area (Å²) in [6, 6.07) is 0. The van der Waals surface area contributed by atoms with Gasteiger partial charge in [0.05, 0.1) is 7.11 Å². The van der Waals surface area contributed by atoms with Crippen LogP contribution in [0.4, 0.5) is 0 Å². The average molecular weight is 255 g/mol. The highest BCUT2D eigenvalue weighted by atomic mass is 16.5. The van der Waals surface area contributed by atoms with Gasteiger partial charge >= 0.3 is 5.97 Å². The van der Waals surface area contributed by atoms with Crippen LogP contribution in [-0.2, 0) is 9.53 Å². The largest absolute Gasteiger partial charge is 0.468 e. The molecule has 7 heteroatoms. The minimum atomic E-state index is -0.653. The topological polar surface area (TPSA) is 99.1 Å². The van der Waals surface area contributed by atoms with Gasteiger partial charge in [-0.15, -0.1) is 0 Å². The van der Waals surface area contributed by atoms with Crippen LogP contribution in [0.1, 0.15) is 19.8 Å². The van der Waals surface area contributed by atoms with Crippen LogP contribution in [0.3, 0.4) is 0 Å². The standard InChI is InChI=1S/C11H21N5O2/c1-3-9-8-13-5-4-11(9,10(17)18-2)14-6-7-15-16-12/h9,13-14H,3-8H2,1-2H3. The Balaban J connectivity index is 2.78. The first-order valence-electron chi connectivity index (χ1n) is 6.26. The highest BCUT2D eigenvalue weighted by molar-refractivity contribution is 5.81. The molecule has 2 atom stereocenters. The summed E-state index contributed by atoms with van der Waals surface area (Å²) in [5, 5.41) is 10.0. The fourth-order valence-corrected chi connectivity index (χ4v) is 2.56. The van der Waals surface area contributed by atoms with E-state index in [2.05, 4.69) is 27.6 Å². The first kappa shape index (κ1) is 14.8. The second-order valence-electron chi connectivity index (χ2n) is 4.40. The quantitative estimate of drug-likeness (QED) is 0.241. The van der Waals surface area contributed by atoms with E-state index in [4.69, 9.17) is 10.3 Å². The summed E-state index contributed by atoms with van der Waals surface area (Å²) >= 11 is 0. The molecule has 0 aromatic carbocycles. The van der Waals surface area contributed by atoms with Gasteiger partial charge in [0, 0.05) is 30.5 Å². The van der Waals surface area contributed by atoms with Crippen molar-refractivity contribution in [2.45, 2.75) is 25.3 Å². The molecule has 7 nitrogen and oxygen atoms in total. The Labute approximate surface area is 107 Å². The minimum absolute atomic E-state index is 0.185. The van der Waals surface area contributed by atoms with Crippen LogP contribution in [0.25, 0.3) is 10.4 Å². The lowest BCUT2D eigenvalue weighted by Crippen LogP contribution is -2.64. The third-order valence-corrected chi connectivity index (χ3v) is 3.54. The van der Waals surface area contributed by atoms with Crippen molar-refractivity contribution in [3.63, 3.8) is 0 Å². The van der Waals surface area contributed by atoms with Crippen molar-refractivity contribution < 1.29 is 9.53 Å². The number of azide groups is 1. The summed E-state index contributed by atoms with van der Waals surface area (Å²) in [5.41, 5.74) is 7.60. The SMILES string of the molecule is CCC1CNCCC1(NCCN=[N+]=[N-])C(=O)OC. The third-order valence-electron chi connectivity index (χ3n) is 3.54. The van der Waals surface area contributed by atoms with Crippen molar-refractivity contribution in [3.05, 3.63) is 10.4 Å². The zero-order valence-corrected chi connectivity index (χ0v) is 11.0. The Morgan fingerprint density at radius 1 is 1.72 bits per heavy atom. The third kappa shape index (κ3) is 3.13. The lowest BCUT2D eigenvalue weighted by Gasteiger charge is -2.42. The number of piperidine rings is 1. The molecular formula is C11H21N5O2. The molecule has 0 amide bonds. The van der Waals surface area contributed by atoms with E-state index in [-0.39, 0.29) is 11.9 Å². The fourth-order valence-electron chi connectivity index (χ4n) is 2.56. The second-order valence-corrected chi connectivity index (χ2v) is 4.40. The van der Waals surface area contributed by atoms with Crippen LogP contribution in [0, 0.1) is 5.92 Å². The van der Waals surface area contributed by atoms with Gasteiger partial charge in [-0.25, -0.2) is 0 Å². The number of hydrogen-bond donors (Lipinski definition) is 2. The molecule has 0 aromatic rings. The maximum atomic E-state index is 12.1. The Kier molecular flexibility index (Phi) is 5.91. The average Bonchev–Trinajstić information content (AvgIpc) is 2.43. The number of nitrogens with zero attached hydrogens (tertiary/aromatic N) is 3. The van der Waals surface area contributed by atoms with Crippen LogP contribution in [0.2, 0.25) is 0 Å². The summed E-state index contributed by atoms with van der Waals surface area (Å²) in [5.74, 6) is -0.0402. The molecule has 1 rings (SSSR count). The Bertz CT molecular complexity index is 329. The monoisotopic (exact) mass is 255 g/mol. The van der Waals surface area contributed by atoms with Gasteiger partial charge in [0.15, 0.2) is 0 Å². The van der Waals surface area contributed by atoms with E-state index in [0.717, 1.165) is 19.5 Å². The summed E-state index contributed by atoms with van der Waals surface area (Å²) in [6.45, 7) is 4.44. The summed E-state index contributed by atoms with van der Waals surface area (Å²) in [6.07, 6.45) is 1.57. The summed E-state index contributed by atoms with van der Waals surface area (Å²) in [4.78, 5) is 14.8. The van der Waals surface area contributed by atoms with Crippen LogP contribution in [-0.4, -0.2) is 44.8 Å². The van der Waals surface area contributed by atoms with Crippen molar-refractivity contribution in [3.8, 4) is 0 Å². The van der Waals surface area contributed by atoms with E-state index in [9.17, 15) is 4.79 Å². The summed E-state index contributed by atoms with van der Waals surface area (Å²) in [7, 11) is 1.41. The van der Waals surface area contributed by atoms with Crippen molar-refractivity contribution in [1.82, 2.24) is 10.6 Å². The Morgan fingerprint density at radius 2 is 2.50 bits per heavy atom. The van der Waals surface area contributed by atoms with Gasteiger partial charge in [-0.1, -0.05) is 12.0 Å². The molecule has 0 bridgehead atoms. The maximum Gasteiger partial charge on any atom is 0.326 e. The minimum Gasteiger partial charge on any atom is -0.468 e. The van der Waals surface area contributed by atoms with Gasteiger partial charge in [0.2, 0.25) is 0 Å². The van der Waals surface area contributed by atoms with Gasteiger partial charge in [0.25, 0.3) is 0 Å². The predicted octanol–water partition coefficient (Wildman–Crippen LogP) is 0.818. The van der Waals surface area contributed by atoms with Crippen molar-refractivity contribution in [2.75, 3.05) is 33.3 Å². The van der Waals surface area contributed by atoms with E-state index in [1.54, 1.807) is 0 Å². The normalized spacial score (nSPS) is 27.3. The zero-order chi connectivity index (χ0) is 13.4. The number of esters is 1. The second kappa shape index (κ2) is 7.20. The molecule has 0 spiro atoms. The molecule has 1 fully saturated rings. The molecular weight excluding hydrogens is 234 g/mol. The van der Waals surface area contributed by atoms with E-state index < -0.39 is 5.54 Å². The van der Waals surface area contributed by atoms with E-state index in [1.165, 1.54) is 7.11 Å². The molecule has 1 saturated heterocycles. The molecule has 102 valence electrons. The fraction of sp³-hybridized carbons (Fsp3) is 0.909. The van der Waals surface area contributed by atoms with Crippen LogP contribution < -0.4 is 10.6 Å². The van der Waals surface area contributed by atoms with E-state index in [1.807, 2.05) is 0 Å². The first-order valence-corrected chi connectivity index (χ1v) is 6.26. The van der Waals surface area contributed by atoms with Crippen molar-refractivity contribution in [1.29, 1.82) is 0 Å². The lowest BCUT2D eigenvalue weighted by molar-refractivity contribution is -0.152. The van der Waals surface area contributed by atoms with Gasteiger partial charge in [-0.3, -0.25) is 4.79 Å². The Morgan fingerprint density at radius 3 is 3.11 bits per heavy atom. The zero-order valence-electron chi connectivity index (χ0n) is 11.0. The van der Waals surface area contributed by atoms with Gasteiger partial charge in [-0.05, 0) is 24.9 Å². The highest BCUT2D eigenvalue weighted by Crippen LogP contribution is 2.28. The number of hydrogen-bond acceptors (Lipinski definition) is 5. The smallest absolute Gasteiger partial charge is 0.326 e. The van der Waals surface area contributed by atoms with Gasteiger partial charge in [-0.2, -0.15) is 0 Å².